The third-order valence-electron chi connectivity index (χ3n) is 1.73. The zero-order chi connectivity index (χ0) is 7.84. The molecule has 3 heteroatoms. The minimum absolute atomic E-state index is 0. The van der Waals surface area contributed by atoms with Crippen LogP contribution in [0, 0.1) is 0 Å². The molecule has 1 N–H and O–H groups in total. The number of allylic oxidation sites excluding steroid dienone is 1. The van der Waals surface area contributed by atoms with E-state index in [0.29, 0.717) is 5.56 Å². The number of hydrogen-bond donors (Lipinski definition) is 1. The lowest BCUT2D eigenvalue weighted by atomic mass is 10.1. The average Bonchev–Trinajstić information content (AvgIpc) is 2.30. The number of carbonyl (C=O) groups is 1. The first-order valence-electron chi connectivity index (χ1n) is 3.33. The Bertz CT molecular complexity index is 355. The van der Waals surface area contributed by atoms with Crippen molar-refractivity contribution < 1.29 is 9.90 Å². The number of rotatable bonds is 0. The molecule has 0 aromatic heterocycles. The molecule has 1 aliphatic carbocycles. The average molecular weight is 183 g/mol. The third-order valence-corrected chi connectivity index (χ3v) is 1.73. The fraction of sp³-hybridized carbons (Fsp3) is 0. The highest BCUT2D eigenvalue weighted by Gasteiger charge is 2.20. The van der Waals surface area contributed by atoms with Crippen molar-refractivity contribution in [2.45, 2.75) is 0 Å². The van der Waals surface area contributed by atoms with Crippen LogP contribution in [0.5, 0.6) is 0 Å². The van der Waals surface area contributed by atoms with Crippen molar-refractivity contribution >= 4 is 24.3 Å². The lowest BCUT2D eigenvalue weighted by Crippen LogP contribution is -1.96. The van der Waals surface area contributed by atoms with Crippen molar-refractivity contribution in [3.05, 3.63) is 41.2 Å². The van der Waals surface area contributed by atoms with Crippen molar-refractivity contribution in [1.82, 2.24) is 0 Å². The third kappa shape index (κ3) is 1.10. The van der Waals surface area contributed by atoms with Gasteiger partial charge in [-0.2, -0.15) is 0 Å². The Hall–Kier alpha value is -1.28. The van der Waals surface area contributed by atoms with E-state index in [9.17, 15) is 4.79 Å². The minimum atomic E-state index is -0.277. The summed E-state index contributed by atoms with van der Waals surface area (Å²) in [5.41, 5.74) is 1.39. The first-order chi connectivity index (χ1) is 5.29. The first-order valence-corrected chi connectivity index (χ1v) is 3.33. The van der Waals surface area contributed by atoms with Crippen LogP contribution in [0.4, 0.5) is 0 Å². The molecule has 0 saturated carbocycles. The van der Waals surface area contributed by atoms with Gasteiger partial charge < -0.3 is 5.11 Å². The zero-order valence-corrected chi connectivity index (χ0v) is 6.97. The zero-order valence-electron chi connectivity index (χ0n) is 6.15. The highest BCUT2D eigenvalue weighted by molar-refractivity contribution is 6.16. The maximum absolute atomic E-state index is 11.1. The predicted octanol–water partition coefficient (Wildman–Crippen LogP) is 2.20. The van der Waals surface area contributed by atoms with Crippen molar-refractivity contribution in [3.63, 3.8) is 0 Å². The molecule has 1 aliphatic rings. The van der Waals surface area contributed by atoms with Crippen LogP contribution in [0.2, 0.25) is 0 Å². The maximum atomic E-state index is 11.1. The van der Waals surface area contributed by atoms with Crippen LogP contribution in [-0.2, 0) is 0 Å². The summed E-state index contributed by atoms with van der Waals surface area (Å²) in [6.45, 7) is 0. The Labute approximate surface area is 75.9 Å². The number of fused-ring (bicyclic) bond motifs is 1. The molecule has 0 heterocycles. The number of halogens is 1. The second-order valence-electron chi connectivity index (χ2n) is 2.45. The van der Waals surface area contributed by atoms with Gasteiger partial charge in [0.05, 0.1) is 0 Å². The van der Waals surface area contributed by atoms with Gasteiger partial charge in [-0.25, -0.2) is 0 Å². The van der Waals surface area contributed by atoms with E-state index in [1.54, 1.807) is 18.2 Å². The Morgan fingerprint density at radius 1 is 1.17 bits per heavy atom. The monoisotopic (exact) mass is 182 g/mol. The van der Waals surface area contributed by atoms with Crippen LogP contribution in [0.25, 0.3) is 6.08 Å². The van der Waals surface area contributed by atoms with E-state index in [1.165, 1.54) is 6.08 Å². The number of hydrogen-bond acceptors (Lipinski definition) is 2. The second kappa shape index (κ2) is 2.99. The number of carbonyl (C=O) groups excluding carboxylic acids is 1. The first kappa shape index (κ1) is 8.81. The van der Waals surface area contributed by atoms with Gasteiger partial charge in [-0.1, -0.05) is 24.3 Å². The van der Waals surface area contributed by atoms with E-state index >= 15 is 0 Å². The molecule has 0 atom stereocenters. The smallest absolute Gasteiger partial charge is 0.227 e. The highest BCUT2D eigenvalue weighted by Crippen LogP contribution is 2.22. The molecule has 0 bridgehead atoms. The van der Waals surface area contributed by atoms with Gasteiger partial charge in [0, 0.05) is 5.56 Å². The molecule has 1 aromatic rings. The van der Waals surface area contributed by atoms with Crippen molar-refractivity contribution in [2.75, 3.05) is 0 Å². The van der Waals surface area contributed by atoms with Gasteiger partial charge in [0.1, 0.15) is 0 Å². The van der Waals surface area contributed by atoms with Crippen LogP contribution in [-0.4, -0.2) is 10.9 Å². The van der Waals surface area contributed by atoms with E-state index in [-0.39, 0.29) is 23.9 Å². The molecule has 12 heavy (non-hydrogen) atoms. The molecule has 0 amide bonds. The molecular weight excluding hydrogens is 176 g/mol. The summed E-state index contributed by atoms with van der Waals surface area (Å²) in [6.07, 6.45) is 1.48. The number of benzene rings is 1. The van der Waals surface area contributed by atoms with Gasteiger partial charge in [-0.15, -0.1) is 12.4 Å². The van der Waals surface area contributed by atoms with Crippen LogP contribution >= 0.6 is 12.4 Å². The van der Waals surface area contributed by atoms with Gasteiger partial charge in [0.25, 0.3) is 0 Å². The molecule has 2 rings (SSSR count). The van der Waals surface area contributed by atoms with E-state index in [0.717, 1.165) is 5.56 Å². The van der Waals surface area contributed by atoms with Gasteiger partial charge in [-0.3, -0.25) is 4.79 Å². The Morgan fingerprint density at radius 3 is 2.50 bits per heavy atom. The largest absolute Gasteiger partial charge is 0.504 e. The fourth-order valence-electron chi connectivity index (χ4n) is 1.18. The highest BCUT2D eigenvalue weighted by atomic mass is 35.5. The van der Waals surface area contributed by atoms with Crippen molar-refractivity contribution in [1.29, 1.82) is 0 Å². The van der Waals surface area contributed by atoms with Gasteiger partial charge in [-0.05, 0) is 11.6 Å². The molecular formula is C9H7ClO2. The number of Topliss-reactive ketones (excluding diaryl/α,β-unsaturated/α-hetero) is 1. The van der Waals surface area contributed by atoms with Crippen LogP contribution in [0.3, 0.4) is 0 Å². The van der Waals surface area contributed by atoms with E-state index in [1.807, 2.05) is 6.07 Å². The van der Waals surface area contributed by atoms with E-state index in [4.69, 9.17) is 5.11 Å². The Kier molecular flexibility index (Phi) is 2.20. The molecule has 1 aromatic carbocycles. The summed E-state index contributed by atoms with van der Waals surface area (Å²) in [7, 11) is 0. The maximum Gasteiger partial charge on any atom is 0.227 e. The molecule has 2 nitrogen and oxygen atoms in total. The molecule has 0 spiro atoms. The lowest BCUT2D eigenvalue weighted by Gasteiger charge is -1.92. The van der Waals surface area contributed by atoms with Gasteiger partial charge in [0.15, 0.2) is 5.76 Å². The Morgan fingerprint density at radius 2 is 1.83 bits per heavy atom. The summed E-state index contributed by atoms with van der Waals surface area (Å²) in [5, 5.41) is 9.03. The lowest BCUT2D eigenvalue weighted by molar-refractivity contribution is 0.0985. The number of aliphatic hydroxyl groups is 1. The summed E-state index contributed by atoms with van der Waals surface area (Å²) in [5.74, 6) is -0.438. The predicted molar refractivity (Wildman–Crippen MR) is 48.6 cm³/mol. The second-order valence-corrected chi connectivity index (χ2v) is 2.45. The summed E-state index contributed by atoms with van der Waals surface area (Å²) >= 11 is 0. The van der Waals surface area contributed by atoms with E-state index in [2.05, 4.69) is 0 Å². The number of ketones is 1. The number of aliphatic hydroxyl groups excluding tert-OH is 1. The molecule has 0 fully saturated rings. The normalized spacial score (nSPS) is 13.3. The van der Waals surface area contributed by atoms with E-state index < -0.39 is 0 Å². The molecule has 0 aliphatic heterocycles. The van der Waals surface area contributed by atoms with Gasteiger partial charge in [0.2, 0.25) is 5.78 Å². The quantitative estimate of drug-likeness (QED) is 0.668. The fourth-order valence-corrected chi connectivity index (χ4v) is 1.18. The van der Waals surface area contributed by atoms with Crippen molar-refractivity contribution in [2.24, 2.45) is 0 Å². The summed E-state index contributed by atoms with van der Waals surface area (Å²) in [4.78, 5) is 11.1. The SMILES string of the molecule is Cl.O=C1C(O)=Cc2ccccc21. The summed E-state index contributed by atoms with van der Waals surface area (Å²) in [6, 6.07) is 7.12. The Balaban J connectivity index is 0.000000720. The topological polar surface area (TPSA) is 37.3 Å². The molecule has 62 valence electrons. The molecule has 0 unspecified atom stereocenters. The van der Waals surface area contributed by atoms with Crippen LogP contribution in [0.1, 0.15) is 15.9 Å². The standard InChI is InChI=1S/C9H6O2.ClH/c10-8-5-6-3-1-2-4-7(6)9(8)11;/h1-5H,(H,10,11);1H. The van der Waals surface area contributed by atoms with Gasteiger partial charge >= 0.3 is 0 Å². The minimum Gasteiger partial charge on any atom is -0.504 e. The van der Waals surface area contributed by atoms with Crippen LogP contribution in [0.15, 0.2) is 30.0 Å². The summed E-state index contributed by atoms with van der Waals surface area (Å²) < 4.78 is 0. The molecule has 0 radical (unpaired) electrons. The van der Waals surface area contributed by atoms with Crippen LogP contribution < -0.4 is 0 Å². The molecule has 0 saturated heterocycles. The van der Waals surface area contributed by atoms with Crippen molar-refractivity contribution in [3.8, 4) is 0 Å².